The molecule has 12 heteroatoms. The Kier molecular flexibility index (Phi) is 13.0. The molecular weight excluding hydrogens is 714 g/mol. The van der Waals surface area contributed by atoms with Gasteiger partial charge in [-0.1, -0.05) is 72.8 Å². The van der Waals surface area contributed by atoms with Crippen LogP contribution in [0.1, 0.15) is 42.9 Å². The van der Waals surface area contributed by atoms with E-state index < -0.39 is 72.2 Å². The Morgan fingerprint density at radius 1 is 1.02 bits per heavy atom. The predicted octanol–water partition coefficient (Wildman–Crippen LogP) is 4.57. The van der Waals surface area contributed by atoms with Gasteiger partial charge in [-0.05, 0) is 61.1 Å². The van der Waals surface area contributed by atoms with E-state index in [0.717, 1.165) is 5.56 Å². The molecule has 2 bridgehead atoms. The number of fused-ring (bicyclic) bond motifs is 1. The van der Waals surface area contributed by atoms with Crippen LogP contribution in [0.25, 0.3) is 0 Å². The van der Waals surface area contributed by atoms with Gasteiger partial charge in [-0.3, -0.25) is 19.2 Å². The van der Waals surface area contributed by atoms with Crippen molar-refractivity contribution in [3.05, 3.63) is 121 Å². The molecule has 3 heterocycles. The third kappa shape index (κ3) is 8.00. The minimum atomic E-state index is -1.38. The summed E-state index contributed by atoms with van der Waals surface area (Å²) in [4.78, 5) is 60.9. The van der Waals surface area contributed by atoms with Crippen LogP contribution in [0.2, 0.25) is 0 Å². The van der Waals surface area contributed by atoms with Crippen molar-refractivity contribution in [3.63, 3.8) is 0 Å². The van der Waals surface area contributed by atoms with Gasteiger partial charge in [0.1, 0.15) is 23.5 Å². The number of hydrogen-bond donors (Lipinski definition) is 2. The second-order valence-corrected chi connectivity index (χ2v) is 14.5. The average Bonchev–Trinajstić information content (AvgIpc) is 3.88. The zero-order valence-corrected chi connectivity index (χ0v) is 32.0. The number of likely N-dealkylation sites (tertiary alicyclic amines) is 1. The molecule has 0 radical (unpaired) electrons. The lowest BCUT2D eigenvalue weighted by molar-refractivity contribution is -0.163. The Morgan fingerprint density at radius 2 is 1.71 bits per heavy atom. The molecule has 3 aliphatic rings. The van der Waals surface area contributed by atoms with Crippen molar-refractivity contribution >= 4 is 29.4 Å². The number of rotatable bonds is 19. The normalized spacial score (nSPS) is 23.8. The lowest BCUT2D eigenvalue weighted by Gasteiger charge is -2.39. The van der Waals surface area contributed by atoms with Gasteiger partial charge >= 0.3 is 5.97 Å². The number of nitrogens with zero attached hydrogens (tertiary/aromatic N) is 2. The van der Waals surface area contributed by atoms with E-state index >= 15 is 9.59 Å². The van der Waals surface area contributed by atoms with Crippen molar-refractivity contribution in [3.8, 4) is 5.75 Å². The van der Waals surface area contributed by atoms with E-state index in [4.69, 9.17) is 18.9 Å². The Hall–Kier alpha value is -5.30. The van der Waals surface area contributed by atoms with Crippen molar-refractivity contribution in [1.29, 1.82) is 0 Å². The highest BCUT2D eigenvalue weighted by Crippen LogP contribution is 2.59. The first-order valence-corrected chi connectivity index (χ1v) is 19.1. The lowest BCUT2D eigenvalue weighted by atomic mass is 9.70. The maximum Gasteiger partial charge on any atom is 0.313 e. The van der Waals surface area contributed by atoms with Gasteiger partial charge in [-0.25, -0.2) is 0 Å². The summed E-state index contributed by atoms with van der Waals surface area (Å²) in [5.41, 5.74) is 0.663. The first kappa shape index (κ1) is 40.4. The first-order valence-electron chi connectivity index (χ1n) is 19.1. The Bertz CT molecular complexity index is 1860. The number of anilines is 1. The van der Waals surface area contributed by atoms with Gasteiger partial charge in [-0.2, -0.15) is 0 Å². The van der Waals surface area contributed by atoms with Crippen molar-refractivity contribution in [1.82, 2.24) is 10.2 Å². The van der Waals surface area contributed by atoms with E-state index in [1.165, 1.54) is 12.0 Å². The maximum atomic E-state index is 15.1. The van der Waals surface area contributed by atoms with Crippen molar-refractivity contribution in [2.24, 2.45) is 11.8 Å². The first-order chi connectivity index (χ1) is 27.2. The number of carbonyl (C=O) groups is 4. The summed E-state index contributed by atoms with van der Waals surface area (Å²) in [6.07, 6.45) is 3.24. The van der Waals surface area contributed by atoms with Crippen LogP contribution in [-0.2, 0) is 39.8 Å². The SMILES string of the molecule is C=CCCC(=O)N[C@@H](COC)[C@@H](OC(=O)[C@@H]1[C@H]2C(=O)N([C@@H](CO)Cc3ccccc3)[C@H](C(=O)N(CC=C)c3ccc(OC)cc3)[C@]23CC[C@H]1O3)c1ccccc1. The molecule has 3 amide bonds. The second-order valence-electron chi connectivity index (χ2n) is 14.5. The van der Waals surface area contributed by atoms with Gasteiger partial charge in [0, 0.05) is 25.8 Å². The summed E-state index contributed by atoms with van der Waals surface area (Å²) < 4.78 is 24.0. The number of esters is 1. The molecular formula is C44H51N3O9. The third-order valence-electron chi connectivity index (χ3n) is 11.1. The smallest absolute Gasteiger partial charge is 0.313 e. The number of aliphatic hydroxyl groups is 1. The highest BCUT2D eigenvalue weighted by atomic mass is 16.6. The van der Waals surface area contributed by atoms with Gasteiger partial charge in [0.05, 0.1) is 50.3 Å². The third-order valence-corrected chi connectivity index (χ3v) is 11.1. The molecule has 2 N–H and O–H groups in total. The number of benzene rings is 3. The summed E-state index contributed by atoms with van der Waals surface area (Å²) >= 11 is 0. The molecule has 6 rings (SSSR count). The van der Waals surface area contributed by atoms with E-state index in [2.05, 4.69) is 18.5 Å². The van der Waals surface area contributed by atoms with E-state index in [1.807, 2.05) is 48.5 Å². The number of aliphatic hydroxyl groups excluding tert-OH is 1. The second kappa shape index (κ2) is 18.1. The largest absolute Gasteiger partial charge is 0.497 e. The minimum Gasteiger partial charge on any atom is -0.497 e. The van der Waals surface area contributed by atoms with Crippen molar-refractivity contribution < 1.29 is 43.2 Å². The van der Waals surface area contributed by atoms with E-state index in [0.29, 0.717) is 36.3 Å². The van der Waals surface area contributed by atoms with Crippen molar-refractivity contribution in [2.75, 3.05) is 38.9 Å². The predicted molar refractivity (Wildman–Crippen MR) is 210 cm³/mol. The van der Waals surface area contributed by atoms with Crippen LogP contribution in [0.3, 0.4) is 0 Å². The van der Waals surface area contributed by atoms with E-state index in [1.54, 1.807) is 60.6 Å². The van der Waals surface area contributed by atoms with Crippen LogP contribution in [0, 0.1) is 11.8 Å². The van der Waals surface area contributed by atoms with Crippen LogP contribution >= 0.6 is 0 Å². The molecule has 296 valence electrons. The Morgan fingerprint density at radius 3 is 2.34 bits per heavy atom. The lowest BCUT2D eigenvalue weighted by Crippen LogP contribution is -2.59. The minimum absolute atomic E-state index is 0.0378. The number of methoxy groups -OCH3 is 2. The number of carbonyl (C=O) groups excluding carboxylic acids is 4. The van der Waals surface area contributed by atoms with Crippen LogP contribution in [-0.4, -0.2) is 97.5 Å². The van der Waals surface area contributed by atoms with Crippen LogP contribution in [0.15, 0.2) is 110 Å². The molecule has 0 aliphatic carbocycles. The molecule has 12 nitrogen and oxygen atoms in total. The molecule has 3 saturated heterocycles. The zero-order chi connectivity index (χ0) is 39.8. The number of amides is 3. The van der Waals surface area contributed by atoms with Gasteiger partial charge in [0.15, 0.2) is 0 Å². The molecule has 8 atom stereocenters. The summed E-state index contributed by atoms with van der Waals surface area (Å²) in [7, 11) is 3.05. The van der Waals surface area contributed by atoms with E-state index in [9.17, 15) is 14.7 Å². The van der Waals surface area contributed by atoms with Gasteiger partial charge in [-0.15, -0.1) is 13.2 Å². The molecule has 1 spiro atoms. The van der Waals surface area contributed by atoms with Crippen molar-refractivity contribution in [2.45, 2.75) is 68.0 Å². The van der Waals surface area contributed by atoms with Crippen LogP contribution in [0.5, 0.6) is 5.75 Å². The number of ether oxygens (including phenoxy) is 4. The quantitative estimate of drug-likeness (QED) is 0.133. The molecule has 0 aromatic heterocycles. The molecule has 3 fully saturated rings. The molecule has 56 heavy (non-hydrogen) atoms. The van der Waals surface area contributed by atoms with Crippen LogP contribution in [0.4, 0.5) is 5.69 Å². The fourth-order valence-electron chi connectivity index (χ4n) is 8.66. The highest BCUT2D eigenvalue weighted by Gasteiger charge is 2.76. The molecule has 3 aliphatic heterocycles. The molecule has 3 aromatic rings. The summed E-state index contributed by atoms with van der Waals surface area (Å²) in [5.74, 6) is -3.35. The maximum absolute atomic E-state index is 15.1. The molecule has 0 saturated carbocycles. The highest BCUT2D eigenvalue weighted by molar-refractivity contribution is 6.05. The molecule has 0 unspecified atom stereocenters. The Balaban J connectivity index is 1.39. The zero-order valence-electron chi connectivity index (χ0n) is 32.0. The fourth-order valence-corrected chi connectivity index (χ4v) is 8.66. The Labute approximate surface area is 328 Å². The molecule has 3 aromatic carbocycles. The van der Waals surface area contributed by atoms with E-state index in [-0.39, 0.29) is 31.9 Å². The number of nitrogens with one attached hydrogen (secondary N) is 1. The topological polar surface area (TPSA) is 144 Å². The van der Waals surface area contributed by atoms with Gasteiger partial charge in [0.2, 0.25) is 11.8 Å². The summed E-state index contributed by atoms with van der Waals surface area (Å²) in [6.45, 7) is 7.33. The van der Waals surface area contributed by atoms with Gasteiger partial charge < -0.3 is 39.2 Å². The summed E-state index contributed by atoms with van der Waals surface area (Å²) in [5, 5.41) is 13.9. The summed E-state index contributed by atoms with van der Waals surface area (Å²) in [6, 6.07) is 22.7. The standard InChI is InChI=1S/C44H51N3O9/c1-5-7-18-36(49)45-34(28-53-3)39(30-16-12-9-13-17-30)55-43(52)37-35-23-24-44(56-35)38(37)41(50)47(32(27-48)26-29-14-10-8-11-15-29)40(44)42(51)46(25-6-2)31-19-21-33(54-4)22-20-31/h5-6,8-17,19-22,32,34-35,37-40,48H,1-2,7,18,23-28H2,3-4H3,(H,45,49)/t32-,34+,35-,37+,38+,39+,40-,44+/m1/s1. The monoisotopic (exact) mass is 765 g/mol. The number of hydrogen-bond acceptors (Lipinski definition) is 9. The fraction of sp³-hybridized carbons (Fsp3) is 0.409. The van der Waals surface area contributed by atoms with Crippen LogP contribution < -0.4 is 15.0 Å². The number of allylic oxidation sites excluding steroid dienone is 1. The van der Waals surface area contributed by atoms with Gasteiger partial charge in [0.25, 0.3) is 5.91 Å². The average molecular weight is 766 g/mol.